The Balaban J connectivity index is 1.38. The molecule has 0 spiro atoms. The summed E-state index contributed by atoms with van der Waals surface area (Å²) in [6.45, 7) is 10.2. The summed E-state index contributed by atoms with van der Waals surface area (Å²) in [4.78, 5) is 49.9. The molecule has 2 fully saturated rings. The molecule has 2 saturated heterocycles. The molecule has 1 N–H and O–H groups in total. The Morgan fingerprint density at radius 2 is 1.83 bits per heavy atom. The van der Waals surface area contributed by atoms with E-state index in [0.717, 1.165) is 12.1 Å². The van der Waals surface area contributed by atoms with Gasteiger partial charge >= 0.3 is 0 Å². The molecule has 2 aliphatic heterocycles. The van der Waals surface area contributed by atoms with Crippen LogP contribution in [0.4, 0.5) is 11.4 Å². The molecule has 0 radical (unpaired) electrons. The zero-order chi connectivity index (χ0) is 33.3. The number of nitrogens with zero attached hydrogens (tertiary/aromatic N) is 8. The Kier molecular flexibility index (Phi) is 8.88. The minimum Gasteiger partial charge on any atom is -0.383 e. The highest BCUT2D eigenvalue weighted by molar-refractivity contribution is 6.03. The number of benzene rings is 2. The number of methoxy groups -OCH3 is 1. The Hall–Kier alpha value is -4.95. The van der Waals surface area contributed by atoms with Crippen molar-refractivity contribution in [2.24, 2.45) is 5.41 Å². The molecule has 2 amide bonds. The van der Waals surface area contributed by atoms with Crippen molar-refractivity contribution in [3.8, 4) is 5.69 Å². The van der Waals surface area contributed by atoms with E-state index < -0.39 is 16.4 Å². The van der Waals surface area contributed by atoms with Gasteiger partial charge in [0.25, 0.3) is 17.5 Å². The second-order valence-electron chi connectivity index (χ2n) is 12.9. The van der Waals surface area contributed by atoms with Crippen molar-refractivity contribution in [3.05, 3.63) is 81.7 Å². The number of nitro groups is 1. The number of fused-ring (bicyclic) bond motifs is 1. The Labute approximate surface area is 272 Å². The molecule has 14 nitrogen and oxygen atoms in total. The Morgan fingerprint density at radius 1 is 1.06 bits per heavy atom. The maximum atomic E-state index is 14.3. The van der Waals surface area contributed by atoms with E-state index in [2.05, 4.69) is 25.5 Å². The molecule has 47 heavy (non-hydrogen) atoms. The predicted molar refractivity (Wildman–Crippen MR) is 176 cm³/mol. The van der Waals surface area contributed by atoms with Crippen LogP contribution < -0.4 is 5.32 Å². The molecular weight excluding hydrogens is 602 g/mol. The molecule has 2 aliphatic rings. The smallest absolute Gasteiger partial charge is 0.295 e. The van der Waals surface area contributed by atoms with E-state index in [1.165, 1.54) is 10.7 Å². The van der Waals surface area contributed by atoms with Crippen molar-refractivity contribution in [1.82, 2.24) is 34.7 Å². The molecule has 4 aromatic rings. The van der Waals surface area contributed by atoms with E-state index in [0.29, 0.717) is 61.6 Å². The van der Waals surface area contributed by atoms with Gasteiger partial charge in [0.05, 0.1) is 39.9 Å². The fourth-order valence-corrected chi connectivity index (χ4v) is 6.38. The van der Waals surface area contributed by atoms with Gasteiger partial charge in [-0.15, -0.1) is 5.10 Å². The van der Waals surface area contributed by atoms with Gasteiger partial charge < -0.3 is 19.9 Å². The standard InChI is InChI=1S/C33H39N9O5/c1-22-15-23(19-34-18-22)31(43)40-20-29(33(2,3)21-40)35-30-25(32(44)39-11-9-38(10-12-39)13-14-47-4)16-24(17-28(30)42(45)46)41-27-8-6-5-7-26(27)36-37-41/h5-8,15-19,29,35H,9-14,20-21H2,1-4H3. The molecule has 246 valence electrons. The maximum absolute atomic E-state index is 14.3. The Morgan fingerprint density at radius 3 is 2.55 bits per heavy atom. The molecule has 0 aliphatic carbocycles. The van der Waals surface area contributed by atoms with Crippen molar-refractivity contribution in [2.75, 3.05) is 64.8 Å². The van der Waals surface area contributed by atoms with Crippen molar-refractivity contribution in [2.45, 2.75) is 26.8 Å². The third-order valence-electron chi connectivity index (χ3n) is 9.07. The highest BCUT2D eigenvalue weighted by Gasteiger charge is 2.43. The van der Waals surface area contributed by atoms with Gasteiger partial charge in [0.15, 0.2) is 0 Å². The van der Waals surface area contributed by atoms with E-state index in [9.17, 15) is 19.7 Å². The van der Waals surface area contributed by atoms with Crippen LogP contribution in [0.15, 0.2) is 54.9 Å². The van der Waals surface area contributed by atoms with E-state index in [1.54, 1.807) is 47.5 Å². The predicted octanol–water partition coefficient (Wildman–Crippen LogP) is 3.40. The lowest BCUT2D eigenvalue weighted by atomic mass is 9.87. The molecular formula is C33H39N9O5. The third-order valence-corrected chi connectivity index (χ3v) is 9.07. The van der Waals surface area contributed by atoms with Crippen molar-refractivity contribution < 1.29 is 19.2 Å². The minimum atomic E-state index is -0.478. The number of amides is 2. The molecule has 4 heterocycles. The van der Waals surface area contributed by atoms with Crippen LogP contribution in [0, 0.1) is 22.5 Å². The largest absolute Gasteiger partial charge is 0.383 e. The van der Waals surface area contributed by atoms with Gasteiger partial charge in [0.2, 0.25) is 0 Å². The fourth-order valence-electron chi connectivity index (χ4n) is 6.38. The van der Waals surface area contributed by atoms with Gasteiger partial charge in [-0.25, -0.2) is 4.68 Å². The molecule has 1 unspecified atom stereocenters. The highest BCUT2D eigenvalue weighted by atomic mass is 16.6. The zero-order valence-electron chi connectivity index (χ0n) is 27.0. The number of anilines is 1. The lowest BCUT2D eigenvalue weighted by Crippen LogP contribution is -2.49. The van der Waals surface area contributed by atoms with Crippen LogP contribution in [0.3, 0.4) is 0 Å². The van der Waals surface area contributed by atoms with Gasteiger partial charge in [-0.2, -0.15) is 0 Å². The number of rotatable bonds is 9. The first kappa shape index (κ1) is 32.0. The average Bonchev–Trinajstić information content (AvgIpc) is 3.63. The van der Waals surface area contributed by atoms with Crippen LogP contribution in [0.2, 0.25) is 0 Å². The topological polar surface area (TPSA) is 152 Å². The molecule has 0 saturated carbocycles. The molecule has 14 heteroatoms. The van der Waals surface area contributed by atoms with Crippen molar-refractivity contribution >= 4 is 34.2 Å². The number of hydrogen-bond acceptors (Lipinski definition) is 10. The van der Waals surface area contributed by atoms with Crippen LogP contribution in [0.1, 0.15) is 40.1 Å². The number of carbonyl (C=O) groups excluding carboxylic acids is 2. The number of ether oxygens (including phenoxy) is 1. The first-order chi connectivity index (χ1) is 22.6. The summed E-state index contributed by atoms with van der Waals surface area (Å²) in [6, 6.07) is 11.8. The quantitative estimate of drug-likeness (QED) is 0.213. The first-order valence-corrected chi connectivity index (χ1v) is 15.7. The van der Waals surface area contributed by atoms with Gasteiger partial charge in [-0.1, -0.05) is 31.2 Å². The van der Waals surface area contributed by atoms with Crippen LogP contribution in [-0.4, -0.2) is 117 Å². The number of piperazine rings is 1. The van der Waals surface area contributed by atoms with Crippen LogP contribution >= 0.6 is 0 Å². The maximum Gasteiger partial charge on any atom is 0.295 e. The minimum absolute atomic E-state index is 0.125. The molecule has 1 atom stereocenters. The number of hydrogen-bond donors (Lipinski definition) is 1. The van der Waals surface area contributed by atoms with E-state index in [4.69, 9.17) is 4.74 Å². The van der Waals surface area contributed by atoms with Crippen LogP contribution in [0.5, 0.6) is 0 Å². The number of aromatic nitrogens is 4. The van der Waals surface area contributed by atoms with Crippen LogP contribution in [-0.2, 0) is 4.74 Å². The number of para-hydroxylation sites is 1. The van der Waals surface area contributed by atoms with Gasteiger partial charge in [0, 0.05) is 76.8 Å². The number of likely N-dealkylation sites (tertiary alicyclic amines) is 1. The molecule has 6 rings (SSSR count). The summed E-state index contributed by atoms with van der Waals surface area (Å²) in [7, 11) is 1.66. The van der Waals surface area contributed by atoms with Crippen LogP contribution in [0.25, 0.3) is 16.7 Å². The highest BCUT2D eigenvalue weighted by Crippen LogP contribution is 2.39. The summed E-state index contributed by atoms with van der Waals surface area (Å²) >= 11 is 0. The summed E-state index contributed by atoms with van der Waals surface area (Å²) in [5.41, 5.74) is 2.56. The summed E-state index contributed by atoms with van der Waals surface area (Å²) in [5, 5.41) is 24.6. The van der Waals surface area contributed by atoms with Crippen molar-refractivity contribution in [3.63, 3.8) is 0 Å². The molecule has 2 aromatic carbocycles. The molecule has 2 aromatic heterocycles. The van der Waals surface area contributed by atoms with E-state index >= 15 is 0 Å². The second-order valence-corrected chi connectivity index (χ2v) is 12.9. The van der Waals surface area contributed by atoms with E-state index in [1.807, 2.05) is 39.0 Å². The number of carbonyl (C=O) groups is 2. The number of aryl methyl sites for hydroxylation is 1. The lowest BCUT2D eigenvalue weighted by Gasteiger charge is -2.35. The normalized spacial score (nSPS) is 18.1. The molecule has 0 bridgehead atoms. The third kappa shape index (κ3) is 6.51. The summed E-state index contributed by atoms with van der Waals surface area (Å²) < 4.78 is 6.73. The van der Waals surface area contributed by atoms with Crippen molar-refractivity contribution in [1.29, 1.82) is 0 Å². The SMILES string of the molecule is COCCN1CCN(C(=O)c2cc(-n3nnc4ccccc43)cc([N+](=O)[O-])c2NC2CN(C(=O)c3cncc(C)c3)CC2(C)C)CC1. The fraction of sp³-hybridized carbons (Fsp3) is 0.424. The van der Waals surface area contributed by atoms with Gasteiger partial charge in [0.1, 0.15) is 11.2 Å². The summed E-state index contributed by atoms with van der Waals surface area (Å²) in [6.07, 6.45) is 3.24. The summed E-state index contributed by atoms with van der Waals surface area (Å²) in [5.74, 6) is -0.480. The monoisotopic (exact) mass is 641 g/mol. The number of nitro benzene ring substituents is 1. The van der Waals surface area contributed by atoms with E-state index in [-0.39, 0.29) is 35.3 Å². The lowest BCUT2D eigenvalue weighted by molar-refractivity contribution is -0.384. The zero-order valence-corrected chi connectivity index (χ0v) is 27.0. The second kappa shape index (κ2) is 13.0. The van der Waals surface area contributed by atoms with Gasteiger partial charge in [-0.05, 0) is 36.8 Å². The first-order valence-electron chi connectivity index (χ1n) is 15.7. The number of nitrogens with one attached hydrogen (secondary N) is 1. The Bertz CT molecular complexity index is 1820. The van der Waals surface area contributed by atoms with Gasteiger partial charge in [-0.3, -0.25) is 29.6 Å². The average molecular weight is 642 g/mol. The number of pyridine rings is 1.